The Hall–Kier alpha value is -0.198. The van der Waals surface area contributed by atoms with Crippen molar-refractivity contribution in [3.8, 4) is 0 Å². The van der Waals surface area contributed by atoms with E-state index in [0.29, 0.717) is 22.6 Å². The first kappa shape index (κ1) is 14.3. The normalized spacial score (nSPS) is 8.33. The Labute approximate surface area is 81.8 Å². The summed E-state index contributed by atoms with van der Waals surface area (Å²) in [7, 11) is 0. The second-order valence-electron chi connectivity index (χ2n) is 2.56. The summed E-state index contributed by atoms with van der Waals surface area (Å²) in [4.78, 5) is 10.0. The summed E-state index contributed by atoms with van der Waals surface area (Å²) in [5, 5.41) is 8.27. The standard InChI is InChI=1S/C8H16O2.Al.O.H/c1-2-3-4-5-6-7-8(9)10;;;/h2-7H2,1H3,(H,9,10);;;. The maximum absolute atomic E-state index is 10.0. The van der Waals surface area contributed by atoms with Crippen molar-refractivity contribution in [2.24, 2.45) is 0 Å². The van der Waals surface area contributed by atoms with Gasteiger partial charge in [-0.3, -0.25) is 4.79 Å². The first-order valence-electron chi connectivity index (χ1n) is 4.28. The van der Waals surface area contributed by atoms with Crippen molar-refractivity contribution in [1.29, 1.82) is 0 Å². The van der Waals surface area contributed by atoms with Crippen LogP contribution in [0.4, 0.5) is 0 Å². The second-order valence-corrected chi connectivity index (χ2v) is 2.56. The molecule has 0 spiro atoms. The van der Waals surface area contributed by atoms with E-state index >= 15 is 0 Å². The fourth-order valence-electron chi connectivity index (χ4n) is 0.880. The first-order chi connectivity index (χ1) is 5.77. The maximum atomic E-state index is 10.0. The molecule has 0 saturated heterocycles. The molecule has 3 nitrogen and oxygen atoms in total. The molecule has 0 aliphatic rings. The van der Waals surface area contributed by atoms with Gasteiger partial charge in [-0.1, -0.05) is 32.6 Å². The van der Waals surface area contributed by atoms with Crippen LogP contribution in [0.5, 0.6) is 0 Å². The monoisotopic (exact) mass is 188 g/mol. The van der Waals surface area contributed by atoms with Crippen LogP contribution in [0.3, 0.4) is 0 Å². The van der Waals surface area contributed by atoms with E-state index in [1.54, 1.807) is 0 Å². The van der Waals surface area contributed by atoms with Gasteiger partial charge in [-0.25, -0.2) is 0 Å². The van der Waals surface area contributed by atoms with Crippen molar-refractivity contribution in [2.45, 2.75) is 45.4 Å². The molecule has 0 amide bonds. The molecule has 0 saturated carbocycles. The number of hydrogen-bond acceptors (Lipinski definition) is 2. The average molecular weight is 188 g/mol. The summed E-state index contributed by atoms with van der Waals surface area (Å²) in [5.74, 6) is -0.670. The number of aliphatic carboxylic acids is 1. The van der Waals surface area contributed by atoms with Crippen molar-refractivity contribution in [2.75, 3.05) is 0 Å². The molecule has 0 aromatic heterocycles. The van der Waals surface area contributed by atoms with Crippen LogP contribution in [0.25, 0.3) is 0 Å². The zero-order valence-electron chi connectivity index (χ0n) is 7.71. The van der Waals surface area contributed by atoms with E-state index in [0.717, 1.165) is 12.8 Å². The molecule has 0 aromatic carbocycles. The Kier molecular flexibility index (Phi) is 16.0. The zero-order chi connectivity index (χ0) is 9.82. The minimum absolute atomic E-state index is 0.337. The van der Waals surface area contributed by atoms with Crippen LogP contribution in [0.2, 0.25) is 0 Å². The van der Waals surface area contributed by atoms with Crippen molar-refractivity contribution in [3.63, 3.8) is 0 Å². The van der Waals surface area contributed by atoms with Crippen molar-refractivity contribution in [3.05, 3.63) is 0 Å². The van der Waals surface area contributed by atoms with Crippen molar-refractivity contribution < 1.29 is 13.7 Å². The van der Waals surface area contributed by atoms with E-state index < -0.39 is 5.97 Å². The van der Waals surface area contributed by atoms with E-state index in [1.807, 2.05) is 0 Å². The number of carbonyl (C=O) groups is 1. The molecule has 0 rings (SSSR count). The van der Waals surface area contributed by atoms with Gasteiger partial charge in [0.2, 0.25) is 0 Å². The van der Waals surface area contributed by atoms with Crippen LogP contribution in [-0.2, 0) is 8.60 Å². The molecule has 0 radical (unpaired) electrons. The fraction of sp³-hybridized carbons (Fsp3) is 0.875. The quantitative estimate of drug-likeness (QED) is 0.509. The molecule has 0 unspecified atom stereocenters. The van der Waals surface area contributed by atoms with E-state index in [-0.39, 0.29) is 0 Å². The third kappa shape index (κ3) is 16.4. The number of rotatable bonds is 6. The minimum atomic E-state index is -0.670. The van der Waals surface area contributed by atoms with Crippen LogP contribution in [-0.4, -0.2) is 27.3 Å². The van der Waals surface area contributed by atoms with Gasteiger partial charge >= 0.3 is 26.0 Å². The summed E-state index contributed by atoms with van der Waals surface area (Å²) < 4.78 is 8.28. The van der Waals surface area contributed by atoms with Gasteiger partial charge in [-0.15, -0.1) is 0 Å². The molecule has 0 aromatic rings. The molecule has 70 valence electrons. The number of unbranched alkanes of at least 4 members (excludes halogenated alkanes) is 4. The Morgan fingerprint density at radius 1 is 1.17 bits per heavy atom. The van der Waals surface area contributed by atoms with E-state index in [4.69, 9.17) is 8.91 Å². The average Bonchev–Trinajstić information content (AvgIpc) is 2.07. The summed E-state index contributed by atoms with van der Waals surface area (Å²) in [6.07, 6.45) is 5.88. The van der Waals surface area contributed by atoms with E-state index in [2.05, 4.69) is 6.92 Å². The first-order valence-corrected chi connectivity index (χ1v) is 4.85. The van der Waals surface area contributed by atoms with Crippen LogP contribution < -0.4 is 0 Å². The summed E-state index contributed by atoms with van der Waals surface area (Å²) in [6.45, 7) is 2.15. The van der Waals surface area contributed by atoms with Crippen molar-refractivity contribution >= 4 is 22.2 Å². The topological polar surface area (TPSA) is 54.4 Å². The van der Waals surface area contributed by atoms with E-state index in [1.165, 1.54) is 19.3 Å². The Bertz CT molecular complexity index is 106. The number of carboxylic acid groups (broad SMARTS) is 1. The molecule has 0 fully saturated rings. The number of hydrogen-bond donors (Lipinski definition) is 1. The van der Waals surface area contributed by atoms with Gasteiger partial charge in [-0.05, 0) is 6.42 Å². The molecule has 0 bridgehead atoms. The van der Waals surface area contributed by atoms with Crippen LogP contribution in [0, 0.1) is 0 Å². The molecular weight excluding hydrogens is 171 g/mol. The molecule has 1 N–H and O–H groups in total. The molecule has 0 aliphatic heterocycles. The predicted octanol–water partition coefficient (Wildman–Crippen LogP) is 1.66. The fourth-order valence-corrected chi connectivity index (χ4v) is 0.880. The zero-order valence-corrected chi connectivity index (χ0v) is 9.13. The van der Waals surface area contributed by atoms with Gasteiger partial charge in [0.15, 0.2) is 0 Å². The Morgan fingerprint density at radius 2 is 1.67 bits per heavy atom. The molecule has 0 aliphatic carbocycles. The second kappa shape index (κ2) is 13.4. The Balaban J connectivity index is 0. The molecule has 0 atom stereocenters. The summed E-state index contributed by atoms with van der Waals surface area (Å²) >= 11 is 0.611. The van der Waals surface area contributed by atoms with Gasteiger partial charge in [0.25, 0.3) is 0 Å². The van der Waals surface area contributed by atoms with Crippen LogP contribution >= 0.6 is 0 Å². The molecular formula is C8H17AlO3. The van der Waals surface area contributed by atoms with Gasteiger partial charge in [-0.2, -0.15) is 0 Å². The predicted molar refractivity (Wildman–Crippen MR) is 48.8 cm³/mol. The third-order valence-corrected chi connectivity index (χ3v) is 1.49. The van der Waals surface area contributed by atoms with Gasteiger partial charge in [0.1, 0.15) is 0 Å². The van der Waals surface area contributed by atoms with Gasteiger partial charge < -0.3 is 5.11 Å². The van der Waals surface area contributed by atoms with Crippen LogP contribution in [0.15, 0.2) is 0 Å². The van der Waals surface area contributed by atoms with Crippen molar-refractivity contribution in [1.82, 2.24) is 0 Å². The van der Waals surface area contributed by atoms with Gasteiger partial charge in [0, 0.05) is 6.42 Å². The Morgan fingerprint density at radius 3 is 2.08 bits per heavy atom. The SMILES string of the molecule is CCCCCCCC(=O)O.[O]=[AlH]. The third-order valence-electron chi connectivity index (χ3n) is 1.49. The van der Waals surface area contributed by atoms with Gasteiger partial charge in [0.05, 0.1) is 0 Å². The molecule has 0 heterocycles. The molecule has 12 heavy (non-hydrogen) atoms. The summed E-state index contributed by atoms with van der Waals surface area (Å²) in [6, 6.07) is 0. The number of carboxylic acids is 1. The van der Waals surface area contributed by atoms with E-state index in [9.17, 15) is 4.79 Å². The molecule has 4 heteroatoms. The van der Waals surface area contributed by atoms with Crippen LogP contribution in [0.1, 0.15) is 45.4 Å². The summed E-state index contributed by atoms with van der Waals surface area (Å²) in [5.41, 5.74) is 0.